The zero-order chi connectivity index (χ0) is 22.1. The summed E-state index contributed by atoms with van der Waals surface area (Å²) in [5.41, 5.74) is 3.41. The number of hydrogen-bond acceptors (Lipinski definition) is 3. The Labute approximate surface area is 183 Å². The van der Waals surface area contributed by atoms with Crippen LogP contribution < -0.4 is 4.90 Å². The number of aryl methyl sites for hydroxylation is 1. The van der Waals surface area contributed by atoms with Crippen molar-refractivity contribution in [2.24, 2.45) is 0 Å². The average Bonchev–Trinajstić information content (AvgIpc) is 2.68. The molecule has 3 nitrogen and oxygen atoms in total. The van der Waals surface area contributed by atoms with Gasteiger partial charge in [0.1, 0.15) is 0 Å². The minimum atomic E-state index is -4.36. The predicted octanol–water partition coefficient (Wildman–Crippen LogP) is 7.51. The van der Waals surface area contributed by atoms with Crippen LogP contribution in [-0.4, -0.2) is 16.5 Å². The first kappa shape index (κ1) is 22.3. The van der Waals surface area contributed by atoms with Gasteiger partial charge in [-0.3, -0.25) is 0 Å². The topological polar surface area (TPSA) is 29.0 Å². The van der Waals surface area contributed by atoms with E-state index in [0.29, 0.717) is 29.7 Å². The third-order valence-electron chi connectivity index (χ3n) is 4.84. The second-order valence-corrected chi connectivity index (χ2v) is 8.23. The van der Waals surface area contributed by atoms with E-state index in [2.05, 4.69) is 51.9 Å². The van der Waals surface area contributed by atoms with Gasteiger partial charge in [0.05, 0.1) is 16.9 Å². The molecule has 0 spiro atoms. The lowest BCUT2D eigenvalue weighted by Gasteiger charge is -2.24. The van der Waals surface area contributed by atoms with E-state index in [4.69, 9.17) is 0 Å². The number of halogens is 4. The van der Waals surface area contributed by atoms with Crippen molar-refractivity contribution in [3.63, 3.8) is 0 Å². The Morgan fingerprint density at radius 2 is 1.67 bits per heavy atom. The summed E-state index contributed by atoms with van der Waals surface area (Å²) >= 11 is 3.66. The molecule has 0 unspecified atom stereocenters. The van der Waals surface area contributed by atoms with E-state index in [-0.39, 0.29) is 0 Å². The van der Waals surface area contributed by atoms with Gasteiger partial charge < -0.3 is 4.90 Å². The van der Waals surface area contributed by atoms with Gasteiger partial charge >= 0.3 is 6.18 Å². The Kier molecular flexibility index (Phi) is 6.50. The molecule has 0 atom stereocenters. The van der Waals surface area contributed by atoms with E-state index < -0.39 is 11.7 Å². The van der Waals surface area contributed by atoms with Crippen molar-refractivity contribution in [2.45, 2.75) is 39.8 Å². The first-order valence-electron chi connectivity index (χ1n) is 9.70. The standard InChI is InChI=1S/C23H23BrF3N3/c1-5-30(21-11-8-17(14(2)3)13-19(21)24)22-28-15(4)12-20(29-22)16-6-9-18(10-7-16)23(25,26)27/h6-14H,5H2,1-4H3. The maximum Gasteiger partial charge on any atom is 0.416 e. The lowest BCUT2D eigenvalue weighted by Crippen LogP contribution is -2.20. The normalized spacial score (nSPS) is 11.8. The van der Waals surface area contributed by atoms with Crippen molar-refractivity contribution in [1.82, 2.24) is 9.97 Å². The smallest absolute Gasteiger partial charge is 0.310 e. The van der Waals surface area contributed by atoms with E-state index >= 15 is 0 Å². The van der Waals surface area contributed by atoms with Crippen LogP contribution in [0.25, 0.3) is 11.3 Å². The summed E-state index contributed by atoms with van der Waals surface area (Å²) in [6.07, 6.45) is -4.36. The quantitative estimate of drug-likeness (QED) is 0.380. The molecule has 0 N–H and O–H groups in total. The molecule has 0 bridgehead atoms. The first-order valence-corrected chi connectivity index (χ1v) is 10.5. The summed E-state index contributed by atoms with van der Waals surface area (Å²) in [5, 5.41) is 0. The molecule has 3 aromatic rings. The van der Waals surface area contributed by atoms with Crippen LogP contribution in [0.1, 0.15) is 43.5 Å². The summed E-state index contributed by atoms with van der Waals surface area (Å²) in [6.45, 7) is 8.77. The molecule has 1 aromatic heterocycles. The van der Waals surface area contributed by atoms with Crippen molar-refractivity contribution >= 4 is 27.6 Å². The molecule has 0 aliphatic rings. The highest BCUT2D eigenvalue weighted by Gasteiger charge is 2.30. The summed E-state index contributed by atoms with van der Waals surface area (Å²) < 4.78 is 39.5. The zero-order valence-electron chi connectivity index (χ0n) is 17.3. The highest BCUT2D eigenvalue weighted by Crippen LogP contribution is 2.34. The molecule has 0 radical (unpaired) electrons. The molecule has 0 amide bonds. The molecule has 1 heterocycles. The van der Waals surface area contributed by atoms with Crippen LogP contribution in [0.2, 0.25) is 0 Å². The highest BCUT2D eigenvalue weighted by molar-refractivity contribution is 9.10. The predicted molar refractivity (Wildman–Crippen MR) is 118 cm³/mol. The number of anilines is 2. The maximum atomic E-state index is 12.9. The maximum absolute atomic E-state index is 12.9. The molecule has 30 heavy (non-hydrogen) atoms. The van der Waals surface area contributed by atoms with Gasteiger partial charge in [0.15, 0.2) is 0 Å². The van der Waals surface area contributed by atoms with Crippen LogP contribution in [0.5, 0.6) is 0 Å². The number of hydrogen-bond donors (Lipinski definition) is 0. The van der Waals surface area contributed by atoms with Crippen LogP contribution in [0, 0.1) is 6.92 Å². The molecule has 0 saturated heterocycles. The van der Waals surface area contributed by atoms with Gasteiger partial charge in [-0.15, -0.1) is 0 Å². The van der Waals surface area contributed by atoms with Crippen LogP contribution in [0.4, 0.5) is 24.8 Å². The molecule has 0 aliphatic heterocycles. The van der Waals surface area contributed by atoms with Gasteiger partial charge in [-0.2, -0.15) is 13.2 Å². The highest BCUT2D eigenvalue weighted by atomic mass is 79.9. The second-order valence-electron chi connectivity index (χ2n) is 7.38. The molecule has 158 valence electrons. The van der Waals surface area contributed by atoms with Gasteiger partial charge in [-0.25, -0.2) is 9.97 Å². The lowest BCUT2D eigenvalue weighted by molar-refractivity contribution is -0.137. The number of alkyl halides is 3. The van der Waals surface area contributed by atoms with Crippen LogP contribution in [0.15, 0.2) is 53.0 Å². The third kappa shape index (κ3) is 4.83. The van der Waals surface area contributed by atoms with Gasteiger partial charge in [-0.05, 0) is 71.6 Å². The molecule has 7 heteroatoms. The van der Waals surface area contributed by atoms with E-state index in [9.17, 15) is 13.2 Å². The Balaban J connectivity index is 2.01. The van der Waals surface area contributed by atoms with Crippen molar-refractivity contribution in [3.8, 4) is 11.3 Å². The summed E-state index contributed by atoms with van der Waals surface area (Å²) in [5.74, 6) is 0.914. The lowest BCUT2D eigenvalue weighted by atomic mass is 10.0. The summed E-state index contributed by atoms with van der Waals surface area (Å²) in [7, 11) is 0. The fourth-order valence-corrected chi connectivity index (χ4v) is 3.78. The molecule has 3 rings (SSSR count). The Hall–Kier alpha value is -2.41. The van der Waals surface area contributed by atoms with Gasteiger partial charge in [-0.1, -0.05) is 32.0 Å². The fraction of sp³-hybridized carbons (Fsp3) is 0.304. The second kappa shape index (κ2) is 8.76. The van der Waals surface area contributed by atoms with Crippen molar-refractivity contribution < 1.29 is 13.2 Å². The van der Waals surface area contributed by atoms with Gasteiger partial charge in [0.25, 0.3) is 0 Å². The van der Waals surface area contributed by atoms with E-state index in [0.717, 1.165) is 28.0 Å². The molecule has 0 fully saturated rings. The monoisotopic (exact) mass is 477 g/mol. The van der Waals surface area contributed by atoms with Crippen LogP contribution in [0.3, 0.4) is 0 Å². The number of rotatable bonds is 5. The molecular formula is C23H23BrF3N3. The summed E-state index contributed by atoms with van der Waals surface area (Å²) in [4.78, 5) is 11.2. The van der Waals surface area contributed by atoms with Crippen LogP contribution >= 0.6 is 15.9 Å². The minimum absolute atomic E-state index is 0.409. The SMILES string of the molecule is CCN(c1nc(C)cc(-c2ccc(C(F)(F)F)cc2)n1)c1ccc(C(C)C)cc1Br. The van der Waals surface area contributed by atoms with E-state index in [1.54, 1.807) is 6.07 Å². The van der Waals surface area contributed by atoms with E-state index in [1.807, 2.05) is 24.8 Å². The average molecular weight is 478 g/mol. The Bertz CT molecular complexity index is 1030. The number of nitrogens with zero attached hydrogens (tertiary/aromatic N) is 3. The summed E-state index contributed by atoms with van der Waals surface area (Å²) in [6, 6.07) is 13.0. The van der Waals surface area contributed by atoms with E-state index in [1.165, 1.54) is 17.7 Å². The first-order chi connectivity index (χ1) is 14.1. The van der Waals surface area contributed by atoms with Crippen LogP contribution in [-0.2, 0) is 6.18 Å². The van der Waals surface area contributed by atoms with Crippen molar-refractivity contribution in [2.75, 3.05) is 11.4 Å². The minimum Gasteiger partial charge on any atom is -0.310 e. The number of benzene rings is 2. The van der Waals surface area contributed by atoms with Gasteiger partial charge in [0.2, 0.25) is 5.95 Å². The Morgan fingerprint density at radius 3 is 2.20 bits per heavy atom. The molecule has 0 aliphatic carbocycles. The van der Waals surface area contributed by atoms with Crippen molar-refractivity contribution in [1.29, 1.82) is 0 Å². The molecular weight excluding hydrogens is 455 g/mol. The number of aromatic nitrogens is 2. The third-order valence-corrected chi connectivity index (χ3v) is 5.47. The molecule has 2 aromatic carbocycles. The van der Waals surface area contributed by atoms with Crippen molar-refractivity contribution in [3.05, 3.63) is 69.8 Å². The largest absolute Gasteiger partial charge is 0.416 e. The zero-order valence-corrected chi connectivity index (χ0v) is 18.8. The fourth-order valence-electron chi connectivity index (χ4n) is 3.17. The van der Waals surface area contributed by atoms with Gasteiger partial charge in [0, 0.05) is 22.3 Å². The molecule has 0 saturated carbocycles. The Morgan fingerprint density at radius 1 is 1.00 bits per heavy atom.